The van der Waals surface area contributed by atoms with Crippen LogP contribution in [0.15, 0.2) is 170 Å². The van der Waals surface area contributed by atoms with Crippen LogP contribution in [0.4, 0.5) is 0 Å². The predicted octanol–water partition coefficient (Wildman–Crippen LogP) is 21.6. The van der Waals surface area contributed by atoms with Gasteiger partial charge in [-0.15, -0.1) is 0 Å². The number of hydrogen-bond acceptors (Lipinski definition) is 14. The Labute approximate surface area is 599 Å². The number of unbranched alkanes of at least 4 members (excludes halogenated alkanes) is 18. The minimum atomic E-state index is -4.96. The van der Waals surface area contributed by atoms with Crippen LogP contribution in [-0.2, 0) is 55.8 Å². The van der Waals surface area contributed by atoms with Gasteiger partial charge in [0.15, 0.2) is 6.10 Å². The molecule has 0 heterocycles. The summed E-state index contributed by atoms with van der Waals surface area (Å²) in [5.74, 6) is -1.72. The molecular weight excluding hydrogens is 1290 g/mol. The number of aliphatic hydroxyl groups is 2. The van der Waals surface area contributed by atoms with E-state index in [1.807, 2.05) is 18.2 Å². The lowest BCUT2D eigenvalue weighted by atomic mass is 10.0. The highest BCUT2D eigenvalue weighted by Crippen LogP contribution is 2.45. The van der Waals surface area contributed by atoms with Crippen LogP contribution in [0.3, 0.4) is 0 Å². The normalized spacial score (nSPS) is 15.0. The molecular formula is C81H132O16P2. The third-order valence-electron chi connectivity index (χ3n) is 14.9. The number of esters is 3. The number of rotatable bonds is 69. The first-order valence-corrected chi connectivity index (χ1v) is 40.4. The van der Waals surface area contributed by atoms with Gasteiger partial charge in [0.1, 0.15) is 25.4 Å². The van der Waals surface area contributed by atoms with Gasteiger partial charge in [-0.1, -0.05) is 274 Å². The molecule has 0 amide bonds. The van der Waals surface area contributed by atoms with Crippen LogP contribution >= 0.6 is 15.6 Å². The summed E-state index contributed by atoms with van der Waals surface area (Å²) in [6.07, 6.45) is 91.3. The molecule has 0 rings (SSSR count). The molecule has 5 atom stereocenters. The summed E-state index contributed by atoms with van der Waals surface area (Å²) in [5.41, 5.74) is 0. The molecule has 0 fully saturated rings. The molecule has 0 spiro atoms. The molecule has 5 unspecified atom stereocenters. The van der Waals surface area contributed by atoms with E-state index < -0.39 is 91.5 Å². The van der Waals surface area contributed by atoms with Crippen molar-refractivity contribution >= 4 is 33.6 Å². The van der Waals surface area contributed by atoms with Gasteiger partial charge in [-0.05, 0) is 141 Å². The number of carbonyl (C=O) groups excluding carboxylic acids is 3. The zero-order valence-corrected chi connectivity index (χ0v) is 62.9. The van der Waals surface area contributed by atoms with Crippen molar-refractivity contribution in [2.75, 3.05) is 39.6 Å². The molecule has 0 aromatic carbocycles. The molecule has 0 saturated heterocycles. The van der Waals surface area contributed by atoms with Gasteiger partial charge in [-0.3, -0.25) is 32.5 Å². The quantitative estimate of drug-likeness (QED) is 0.0146. The van der Waals surface area contributed by atoms with Crippen LogP contribution in [0.25, 0.3) is 0 Å². The van der Waals surface area contributed by atoms with E-state index >= 15 is 0 Å². The molecule has 0 aliphatic carbocycles. The van der Waals surface area contributed by atoms with Crippen molar-refractivity contribution in [3.05, 3.63) is 170 Å². The molecule has 0 aliphatic rings. The van der Waals surface area contributed by atoms with Crippen LogP contribution in [0, 0.1) is 0 Å². The molecule has 0 aromatic heterocycles. The van der Waals surface area contributed by atoms with Crippen molar-refractivity contribution in [1.29, 1.82) is 0 Å². The van der Waals surface area contributed by atoms with Crippen LogP contribution in [0.1, 0.15) is 265 Å². The van der Waals surface area contributed by atoms with Crippen molar-refractivity contribution in [2.24, 2.45) is 0 Å². The monoisotopic (exact) mass is 1420 g/mol. The molecule has 18 heteroatoms. The Morgan fingerprint density at radius 1 is 0.293 bits per heavy atom. The summed E-state index contributed by atoms with van der Waals surface area (Å²) in [7, 11) is -9.83. The first-order chi connectivity index (χ1) is 48.2. The Balaban J connectivity index is 4.67. The first kappa shape index (κ1) is 93.9. The molecule has 0 aliphatic heterocycles. The Morgan fingerprint density at radius 3 is 0.909 bits per heavy atom. The second-order valence-corrected chi connectivity index (χ2v) is 27.2. The predicted molar refractivity (Wildman–Crippen MR) is 408 cm³/mol. The summed E-state index contributed by atoms with van der Waals surface area (Å²) in [5, 5.41) is 20.6. The van der Waals surface area contributed by atoms with E-state index in [1.165, 1.54) is 70.6 Å². The van der Waals surface area contributed by atoms with Crippen LogP contribution < -0.4 is 0 Å². The number of carbonyl (C=O) groups is 3. The lowest BCUT2D eigenvalue weighted by Gasteiger charge is -2.21. The molecule has 0 bridgehead atoms. The van der Waals surface area contributed by atoms with Gasteiger partial charge in [0.05, 0.1) is 26.4 Å². The van der Waals surface area contributed by atoms with Gasteiger partial charge < -0.3 is 34.2 Å². The topological polar surface area (TPSA) is 231 Å². The standard InChI is InChI=1S/C81H132O16P2/c1-4-7-10-13-16-19-22-25-28-31-33-34-35-36-37-38-39-40-42-45-46-49-52-55-58-61-64-67-79(84)91-70-76(82)71-93-98(87,88)94-72-77(83)73-95-99(89,90)96-75-78(97-81(86)69-66-63-60-57-54-51-48-43-30-27-24-21-18-15-12-9-6-3)74-92-80(85)68-65-62-59-56-53-50-47-44-41-32-29-26-23-20-17-14-11-8-5-2/h8-9,11-12,16-21,25-30,33-34,36-37,41,44,48,50-51,53,59,62,76-78,82-83H,4-7,10,13-15,22-24,31-32,35,38-40,42-43,45-47,49,52,54-58,60-61,63-75H2,1-3H3,(H,87,88)(H,89,90)/b11-8-,12-9-,19-16-,20-17-,21-18-,28-25-,29-26-,30-27-,34-33-,37-36-,44-41-,51-48-,53-50-,62-59-. The van der Waals surface area contributed by atoms with E-state index in [-0.39, 0.29) is 19.3 Å². The highest BCUT2D eigenvalue weighted by molar-refractivity contribution is 7.47. The van der Waals surface area contributed by atoms with Gasteiger partial charge in [-0.25, -0.2) is 9.13 Å². The van der Waals surface area contributed by atoms with Crippen molar-refractivity contribution in [3.63, 3.8) is 0 Å². The van der Waals surface area contributed by atoms with Crippen molar-refractivity contribution in [1.82, 2.24) is 0 Å². The van der Waals surface area contributed by atoms with Gasteiger partial charge in [0, 0.05) is 19.3 Å². The zero-order chi connectivity index (χ0) is 72.3. The number of allylic oxidation sites excluding steroid dienone is 28. The second-order valence-electron chi connectivity index (χ2n) is 24.3. The van der Waals surface area contributed by atoms with Crippen molar-refractivity contribution in [2.45, 2.75) is 283 Å². The highest BCUT2D eigenvalue weighted by atomic mass is 31.2. The van der Waals surface area contributed by atoms with Gasteiger partial charge in [0.25, 0.3) is 0 Å². The maximum absolute atomic E-state index is 12.9. The lowest BCUT2D eigenvalue weighted by Crippen LogP contribution is -2.30. The Hall–Kier alpha value is -5.09. The average molecular weight is 1420 g/mol. The number of hydrogen-bond donors (Lipinski definition) is 4. The van der Waals surface area contributed by atoms with E-state index in [4.69, 9.17) is 32.3 Å². The lowest BCUT2D eigenvalue weighted by molar-refractivity contribution is -0.161. The van der Waals surface area contributed by atoms with E-state index in [1.54, 1.807) is 0 Å². The SMILES string of the molecule is CC/C=C\C/C=C\C/C=C\C/C=C\C/C=C\C/C=C\CCC(=O)OCC(COP(=O)(O)OCC(O)COP(=O)(O)OCC(O)COC(=O)CCCCCCCCCCCCC/C=C\C/C=C\C/C=C\C/C=C\CCCCC)OC(=O)CCCCCC/C=C\C/C=C\C/C=C\C/C=C\CC. The fourth-order valence-corrected chi connectivity index (χ4v) is 10.9. The molecule has 16 nitrogen and oxygen atoms in total. The summed E-state index contributed by atoms with van der Waals surface area (Å²) in [6.45, 7) is 2.27. The van der Waals surface area contributed by atoms with E-state index in [9.17, 15) is 43.5 Å². The van der Waals surface area contributed by atoms with Crippen LogP contribution in [-0.4, -0.2) is 95.9 Å². The minimum absolute atomic E-state index is 0.0328. The number of aliphatic hydroxyl groups excluding tert-OH is 2. The maximum Gasteiger partial charge on any atom is 0.472 e. The van der Waals surface area contributed by atoms with Crippen LogP contribution in [0.5, 0.6) is 0 Å². The number of ether oxygens (including phenoxy) is 3. The summed E-state index contributed by atoms with van der Waals surface area (Å²) >= 11 is 0. The van der Waals surface area contributed by atoms with E-state index in [2.05, 4.69) is 173 Å². The summed E-state index contributed by atoms with van der Waals surface area (Å²) < 4.78 is 60.9. The summed E-state index contributed by atoms with van der Waals surface area (Å²) in [4.78, 5) is 58.5. The Bertz CT molecular complexity index is 2480. The van der Waals surface area contributed by atoms with Gasteiger partial charge in [0.2, 0.25) is 0 Å². The Morgan fingerprint density at radius 2 is 0.556 bits per heavy atom. The molecule has 4 N–H and O–H groups in total. The third kappa shape index (κ3) is 73.9. The van der Waals surface area contributed by atoms with Gasteiger partial charge >= 0.3 is 33.6 Å². The third-order valence-corrected chi connectivity index (χ3v) is 16.8. The fourth-order valence-electron chi connectivity index (χ4n) is 9.28. The van der Waals surface area contributed by atoms with Crippen molar-refractivity contribution in [3.8, 4) is 0 Å². The van der Waals surface area contributed by atoms with Crippen molar-refractivity contribution < 1.29 is 75.8 Å². The fraction of sp³-hybridized carbons (Fsp3) is 0.617. The van der Waals surface area contributed by atoms with Gasteiger partial charge in [-0.2, -0.15) is 0 Å². The molecule has 0 radical (unpaired) electrons. The Kier molecular flexibility index (Phi) is 69.0. The smallest absolute Gasteiger partial charge is 0.463 e. The average Bonchev–Trinajstić information content (AvgIpc) is 3.78. The minimum Gasteiger partial charge on any atom is -0.463 e. The number of phosphoric acid groups is 2. The van der Waals surface area contributed by atoms with E-state index in [0.29, 0.717) is 25.7 Å². The highest BCUT2D eigenvalue weighted by Gasteiger charge is 2.29. The molecule has 0 aromatic rings. The molecule has 99 heavy (non-hydrogen) atoms. The molecule has 0 saturated carbocycles. The molecule has 562 valence electrons. The largest absolute Gasteiger partial charge is 0.472 e. The first-order valence-electron chi connectivity index (χ1n) is 37.4. The van der Waals surface area contributed by atoms with Crippen LogP contribution in [0.2, 0.25) is 0 Å². The zero-order valence-electron chi connectivity index (χ0n) is 61.1. The number of phosphoric ester groups is 2. The maximum atomic E-state index is 12.9. The van der Waals surface area contributed by atoms with E-state index in [0.717, 1.165) is 128 Å². The summed E-state index contributed by atoms with van der Waals surface area (Å²) in [6, 6.07) is 0. The second kappa shape index (κ2) is 72.7.